The Labute approximate surface area is 148 Å². The number of imidazole rings is 1. The number of rotatable bonds is 7. The Bertz CT molecular complexity index is 774. The van der Waals surface area contributed by atoms with Crippen LogP contribution in [0.5, 0.6) is 0 Å². The van der Waals surface area contributed by atoms with Gasteiger partial charge >= 0.3 is 0 Å². The molecule has 0 unspecified atom stereocenters. The molecule has 0 saturated heterocycles. The molecule has 0 aliphatic carbocycles. The number of hydrogen-bond donors (Lipinski definition) is 2. The van der Waals surface area contributed by atoms with E-state index in [2.05, 4.69) is 58.0 Å². The van der Waals surface area contributed by atoms with E-state index in [4.69, 9.17) is 0 Å². The first-order chi connectivity index (χ1) is 12.3. The molecule has 1 aromatic carbocycles. The van der Waals surface area contributed by atoms with Gasteiger partial charge in [-0.3, -0.25) is 4.99 Å². The Hall–Kier alpha value is -2.82. The molecule has 0 aliphatic rings. The summed E-state index contributed by atoms with van der Waals surface area (Å²) in [5.74, 6) is 0.863. The topological polar surface area (TPSA) is 53.7 Å². The number of hydrogen-bond acceptors (Lipinski definition) is 2. The van der Waals surface area contributed by atoms with Crippen molar-refractivity contribution in [1.82, 2.24) is 20.0 Å². The molecule has 25 heavy (non-hydrogen) atoms. The van der Waals surface area contributed by atoms with Crippen LogP contribution in [-0.4, -0.2) is 35.0 Å². The number of guanidine groups is 1. The monoisotopic (exact) mass is 335 g/mol. The Balaban J connectivity index is 1.50. The molecule has 0 aliphatic heterocycles. The third kappa shape index (κ3) is 5.08. The van der Waals surface area contributed by atoms with Crippen molar-refractivity contribution >= 4 is 11.6 Å². The molecule has 0 radical (unpaired) electrons. The maximum Gasteiger partial charge on any atom is 0.191 e. The number of aliphatic imine (C=N–C) groups is 1. The summed E-state index contributed by atoms with van der Waals surface area (Å²) in [5, 5.41) is 6.69. The van der Waals surface area contributed by atoms with E-state index >= 15 is 0 Å². The van der Waals surface area contributed by atoms with Crippen molar-refractivity contribution in [3.8, 4) is 0 Å². The van der Waals surface area contributed by atoms with Crippen LogP contribution in [0.2, 0.25) is 0 Å². The molecule has 2 heterocycles. The summed E-state index contributed by atoms with van der Waals surface area (Å²) in [5.41, 5.74) is 3.38. The third-order valence-corrected chi connectivity index (χ3v) is 3.94. The molecule has 130 valence electrons. The highest BCUT2D eigenvalue weighted by Crippen LogP contribution is 2.05. The first-order valence-corrected chi connectivity index (χ1v) is 8.84. The van der Waals surface area contributed by atoms with Crippen molar-refractivity contribution in [3.63, 3.8) is 0 Å². The fraction of sp³-hybridized carbons (Fsp3) is 0.300. The molecule has 5 heteroatoms. The highest BCUT2D eigenvalue weighted by atomic mass is 15.2. The van der Waals surface area contributed by atoms with Crippen LogP contribution in [0.25, 0.3) is 5.65 Å². The number of aromatic nitrogens is 2. The van der Waals surface area contributed by atoms with Crippen LogP contribution in [0, 0.1) is 0 Å². The van der Waals surface area contributed by atoms with Crippen molar-refractivity contribution in [2.24, 2.45) is 4.99 Å². The van der Waals surface area contributed by atoms with Gasteiger partial charge in [0.25, 0.3) is 0 Å². The van der Waals surface area contributed by atoms with E-state index < -0.39 is 0 Å². The Morgan fingerprint density at radius 3 is 2.68 bits per heavy atom. The number of pyridine rings is 1. The maximum atomic E-state index is 4.66. The minimum Gasteiger partial charge on any atom is -0.357 e. The van der Waals surface area contributed by atoms with E-state index in [0.29, 0.717) is 6.54 Å². The summed E-state index contributed by atoms with van der Waals surface area (Å²) in [4.78, 5) is 9.27. The standard InChI is InChI=1S/C20H25N5/c1-2-21-20(22-13-11-17-8-4-3-5-9-17)23-14-12-18-16-25-15-7-6-10-19(25)24-18/h3-10,15-16H,2,11-14H2,1H3,(H2,21,22,23). The van der Waals surface area contributed by atoms with Gasteiger partial charge in [0.05, 0.1) is 5.69 Å². The zero-order chi connectivity index (χ0) is 17.3. The van der Waals surface area contributed by atoms with Crippen LogP contribution < -0.4 is 10.6 Å². The van der Waals surface area contributed by atoms with E-state index in [-0.39, 0.29) is 0 Å². The highest BCUT2D eigenvalue weighted by Gasteiger charge is 2.01. The van der Waals surface area contributed by atoms with E-state index in [1.807, 2.05) is 34.9 Å². The second-order valence-electron chi connectivity index (χ2n) is 5.87. The molecule has 3 rings (SSSR count). The van der Waals surface area contributed by atoms with Crippen LogP contribution in [-0.2, 0) is 12.8 Å². The molecule has 3 aromatic rings. The van der Waals surface area contributed by atoms with Gasteiger partial charge in [0.2, 0.25) is 0 Å². The molecule has 0 atom stereocenters. The molecular formula is C20H25N5. The molecule has 0 spiro atoms. The Morgan fingerprint density at radius 1 is 1.04 bits per heavy atom. The van der Waals surface area contributed by atoms with E-state index in [1.165, 1.54) is 5.56 Å². The predicted molar refractivity (Wildman–Crippen MR) is 103 cm³/mol. The van der Waals surface area contributed by atoms with Gasteiger partial charge in [-0.1, -0.05) is 36.4 Å². The minimum absolute atomic E-state index is 0.713. The lowest BCUT2D eigenvalue weighted by molar-refractivity contribution is 0.795. The second-order valence-corrected chi connectivity index (χ2v) is 5.87. The van der Waals surface area contributed by atoms with Crippen LogP contribution in [0.4, 0.5) is 0 Å². The lowest BCUT2D eigenvalue weighted by Gasteiger charge is -2.11. The zero-order valence-electron chi connectivity index (χ0n) is 14.7. The van der Waals surface area contributed by atoms with Crippen LogP contribution in [0.3, 0.4) is 0 Å². The average Bonchev–Trinajstić information content (AvgIpc) is 3.05. The van der Waals surface area contributed by atoms with Gasteiger partial charge in [-0.15, -0.1) is 0 Å². The molecule has 0 saturated carbocycles. The van der Waals surface area contributed by atoms with Gasteiger partial charge in [0.15, 0.2) is 5.96 Å². The number of benzene rings is 1. The van der Waals surface area contributed by atoms with Crippen molar-refractivity contribution in [2.45, 2.75) is 19.8 Å². The molecule has 0 fully saturated rings. The Kier molecular flexibility index (Phi) is 6.04. The quantitative estimate of drug-likeness (QED) is 0.516. The smallest absolute Gasteiger partial charge is 0.191 e. The Morgan fingerprint density at radius 2 is 1.88 bits per heavy atom. The van der Waals surface area contributed by atoms with Gasteiger partial charge in [0.1, 0.15) is 5.65 Å². The zero-order valence-corrected chi connectivity index (χ0v) is 14.7. The van der Waals surface area contributed by atoms with Crippen molar-refractivity contribution in [3.05, 3.63) is 72.2 Å². The number of fused-ring (bicyclic) bond motifs is 1. The van der Waals surface area contributed by atoms with E-state index in [1.54, 1.807) is 0 Å². The predicted octanol–water partition coefficient (Wildman–Crippen LogP) is 2.67. The van der Waals surface area contributed by atoms with E-state index in [9.17, 15) is 0 Å². The molecule has 2 aromatic heterocycles. The van der Waals surface area contributed by atoms with Crippen LogP contribution in [0.1, 0.15) is 18.2 Å². The lowest BCUT2D eigenvalue weighted by atomic mass is 10.1. The maximum absolute atomic E-state index is 4.66. The first kappa shape index (κ1) is 17.0. The van der Waals surface area contributed by atoms with Gasteiger partial charge < -0.3 is 15.0 Å². The van der Waals surface area contributed by atoms with Crippen LogP contribution >= 0.6 is 0 Å². The van der Waals surface area contributed by atoms with Gasteiger partial charge in [-0.25, -0.2) is 4.98 Å². The number of nitrogens with one attached hydrogen (secondary N) is 2. The second kappa shape index (κ2) is 8.87. The van der Waals surface area contributed by atoms with Gasteiger partial charge in [-0.2, -0.15) is 0 Å². The summed E-state index contributed by atoms with van der Waals surface area (Å²) >= 11 is 0. The largest absolute Gasteiger partial charge is 0.357 e. The third-order valence-electron chi connectivity index (χ3n) is 3.94. The summed E-state index contributed by atoms with van der Waals surface area (Å²) in [7, 11) is 0. The average molecular weight is 335 g/mol. The van der Waals surface area contributed by atoms with Gasteiger partial charge in [-0.05, 0) is 31.0 Å². The summed E-state index contributed by atoms with van der Waals surface area (Å²) < 4.78 is 2.04. The van der Waals surface area contributed by atoms with Gasteiger partial charge in [0, 0.05) is 38.4 Å². The van der Waals surface area contributed by atoms with Crippen LogP contribution in [0.15, 0.2) is 65.9 Å². The molecule has 0 amide bonds. The SMILES string of the molecule is CCNC(=NCCc1cn2ccccc2n1)NCCc1ccccc1. The van der Waals surface area contributed by atoms with Crippen molar-refractivity contribution in [2.75, 3.05) is 19.6 Å². The first-order valence-electron chi connectivity index (χ1n) is 8.84. The summed E-state index contributed by atoms with van der Waals surface area (Å²) in [6.07, 6.45) is 5.90. The fourth-order valence-electron chi connectivity index (χ4n) is 2.70. The molecular weight excluding hydrogens is 310 g/mol. The summed E-state index contributed by atoms with van der Waals surface area (Å²) in [6.45, 7) is 4.51. The molecule has 2 N–H and O–H groups in total. The summed E-state index contributed by atoms with van der Waals surface area (Å²) in [6, 6.07) is 16.5. The molecule has 5 nitrogen and oxygen atoms in total. The van der Waals surface area contributed by atoms with Crippen molar-refractivity contribution < 1.29 is 0 Å². The minimum atomic E-state index is 0.713. The highest BCUT2D eigenvalue weighted by molar-refractivity contribution is 5.79. The fourth-order valence-corrected chi connectivity index (χ4v) is 2.70. The lowest BCUT2D eigenvalue weighted by Crippen LogP contribution is -2.38. The molecule has 0 bridgehead atoms. The van der Waals surface area contributed by atoms with Crippen molar-refractivity contribution in [1.29, 1.82) is 0 Å². The van der Waals surface area contributed by atoms with E-state index in [0.717, 1.165) is 43.2 Å². The number of nitrogens with zero attached hydrogens (tertiary/aromatic N) is 3. The normalized spacial score (nSPS) is 11.6.